The van der Waals surface area contributed by atoms with Crippen molar-refractivity contribution in [2.75, 3.05) is 6.61 Å². The van der Waals surface area contributed by atoms with Gasteiger partial charge < -0.3 is 14.5 Å². The molecule has 1 aliphatic carbocycles. The number of pyridine rings is 1. The molecule has 0 bridgehead atoms. The molecule has 0 spiro atoms. The molecular formula is C25H20N2O4S. The van der Waals surface area contributed by atoms with E-state index >= 15 is 0 Å². The van der Waals surface area contributed by atoms with E-state index in [4.69, 9.17) is 14.1 Å². The van der Waals surface area contributed by atoms with Crippen molar-refractivity contribution < 1.29 is 18.7 Å². The monoisotopic (exact) mass is 444 g/mol. The van der Waals surface area contributed by atoms with Crippen LogP contribution < -0.4 is 5.32 Å². The lowest BCUT2D eigenvalue weighted by Crippen LogP contribution is -2.28. The number of ether oxygens (including phenoxy) is 1. The molecule has 1 amide bonds. The average Bonchev–Trinajstić information content (AvgIpc) is 3.58. The predicted molar refractivity (Wildman–Crippen MR) is 123 cm³/mol. The van der Waals surface area contributed by atoms with E-state index in [2.05, 4.69) is 5.32 Å². The molecule has 0 fully saturated rings. The first-order valence-electron chi connectivity index (χ1n) is 10.3. The van der Waals surface area contributed by atoms with Crippen molar-refractivity contribution in [1.82, 2.24) is 10.3 Å². The summed E-state index contributed by atoms with van der Waals surface area (Å²) in [6.45, 7) is 0.0906. The number of nitrogens with one attached hydrogen (secondary N) is 1. The fraction of sp³-hybridized carbons (Fsp3) is 0.160. The third-order valence-corrected chi connectivity index (χ3v) is 6.26. The van der Waals surface area contributed by atoms with E-state index in [9.17, 15) is 9.59 Å². The third-order valence-electron chi connectivity index (χ3n) is 5.38. The summed E-state index contributed by atoms with van der Waals surface area (Å²) in [7, 11) is 0. The molecule has 0 radical (unpaired) electrons. The minimum atomic E-state index is -0.509. The number of hydrogen-bond acceptors (Lipinski definition) is 6. The molecular weight excluding hydrogens is 424 g/mol. The van der Waals surface area contributed by atoms with Crippen LogP contribution in [0.1, 0.15) is 38.7 Å². The maximum atomic E-state index is 13.1. The number of nitrogens with zero attached hydrogens (tertiary/aromatic N) is 1. The highest BCUT2D eigenvalue weighted by Crippen LogP contribution is 2.37. The summed E-state index contributed by atoms with van der Waals surface area (Å²) in [5.74, 6) is -0.0973. The van der Waals surface area contributed by atoms with Crippen molar-refractivity contribution in [1.29, 1.82) is 0 Å². The van der Waals surface area contributed by atoms with Crippen LogP contribution in [-0.4, -0.2) is 23.5 Å². The lowest BCUT2D eigenvalue weighted by atomic mass is 10.0. The zero-order chi connectivity index (χ0) is 21.9. The number of carbonyl (C=O) groups is 2. The molecule has 5 rings (SSSR count). The van der Waals surface area contributed by atoms with E-state index in [-0.39, 0.29) is 12.5 Å². The Kier molecular flexibility index (Phi) is 5.56. The number of fused-ring (bicyclic) bond motifs is 2. The molecule has 6 nitrogen and oxygen atoms in total. The number of carbonyl (C=O) groups excluding carboxylic acids is 2. The van der Waals surface area contributed by atoms with Gasteiger partial charge in [-0.3, -0.25) is 4.79 Å². The van der Waals surface area contributed by atoms with Crippen molar-refractivity contribution in [3.8, 4) is 0 Å². The van der Waals surface area contributed by atoms with Crippen LogP contribution in [0.4, 0.5) is 0 Å². The normalized spacial score (nSPS) is 13.9. The molecule has 1 N–H and O–H groups in total. The largest absolute Gasteiger partial charge is 0.465 e. The summed E-state index contributed by atoms with van der Waals surface area (Å²) in [4.78, 5) is 31.2. The number of aromatic nitrogens is 1. The summed E-state index contributed by atoms with van der Waals surface area (Å²) < 4.78 is 10.9. The van der Waals surface area contributed by atoms with Gasteiger partial charge in [-0.2, -0.15) is 0 Å². The Hall–Kier alpha value is -3.71. The Morgan fingerprint density at radius 3 is 2.84 bits per heavy atom. The topological polar surface area (TPSA) is 81.4 Å². The molecule has 1 aliphatic rings. The van der Waals surface area contributed by atoms with Crippen LogP contribution in [0.25, 0.3) is 22.6 Å². The maximum Gasteiger partial charge on any atom is 0.339 e. The highest BCUT2D eigenvalue weighted by Gasteiger charge is 2.28. The number of amides is 1. The number of para-hydroxylation sites is 1. The van der Waals surface area contributed by atoms with E-state index in [0.717, 1.165) is 39.3 Å². The molecule has 3 aromatic heterocycles. The molecule has 0 saturated carbocycles. The van der Waals surface area contributed by atoms with Gasteiger partial charge >= 0.3 is 5.97 Å². The Labute approximate surface area is 188 Å². The van der Waals surface area contributed by atoms with Gasteiger partial charge in [-0.05, 0) is 59.7 Å². The van der Waals surface area contributed by atoms with Crippen LogP contribution in [-0.2, 0) is 22.5 Å². The van der Waals surface area contributed by atoms with E-state index in [1.165, 1.54) is 0 Å². The second kappa shape index (κ2) is 8.80. The Bertz CT molecular complexity index is 1310. The number of thiophene rings is 1. The van der Waals surface area contributed by atoms with Crippen molar-refractivity contribution in [3.05, 3.63) is 87.6 Å². The first-order valence-corrected chi connectivity index (χ1v) is 11.2. The quantitative estimate of drug-likeness (QED) is 0.430. The Morgan fingerprint density at radius 2 is 2.03 bits per heavy atom. The van der Waals surface area contributed by atoms with E-state index in [1.807, 2.05) is 60.0 Å². The molecule has 4 aromatic rings. The number of benzene rings is 1. The smallest absolute Gasteiger partial charge is 0.339 e. The van der Waals surface area contributed by atoms with Crippen LogP contribution in [0, 0.1) is 0 Å². The third kappa shape index (κ3) is 4.07. The summed E-state index contributed by atoms with van der Waals surface area (Å²) >= 11 is 1.56. The summed E-state index contributed by atoms with van der Waals surface area (Å²) in [5.41, 5.74) is 3.86. The van der Waals surface area contributed by atoms with Gasteiger partial charge in [-0.1, -0.05) is 24.3 Å². The molecule has 0 atom stereocenters. The van der Waals surface area contributed by atoms with Gasteiger partial charge in [0.2, 0.25) is 0 Å². The van der Waals surface area contributed by atoms with Gasteiger partial charge in [0.05, 0.1) is 29.6 Å². The molecule has 7 heteroatoms. The SMILES string of the molecule is O=C(COC(=O)c1c2c(nc3ccccc13)/C(=C/c1ccco1)CC2)NCc1cccs1. The van der Waals surface area contributed by atoms with Crippen LogP contribution in [0.3, 0.4) is 0 Å². The van der Waals surface area contributed by atoms with Crippen molar-refractivity contribution in [2.24, 2.45) is 0 Å². The second-order valence-electron chi connectivity index (χ2n) is 7.45. The summed E-state index contributed by atoms with van der Waals surface area (Å²) in [5, 5.41) is 5.46. The van der Waals surface area contributed by atoms with Crippen molar-refractivity contribution in [3.63, 3.8) is 0 Å². The second-order valence-corrected chi connectivity index (χ2v) is 8.48. The van der Waals surface area contributed by atoms with Crippen LogP contribution in [0.2, 0.25) is 0 Å². The predicted octanol–water partition coefficient (Wildman–Crippen LogP) is 4.85. The zero-order valence-electron chi connectivity index (χ0n) is 17.2. The molecule has 0 unspecified atom stereocenters. The first kappa shape index (κ1) is 20.2. The number of esters is 1. The molecule has 0 saturated heterocycles. The molecule has 3 heterocycles. The van der Waals surface area contributed by atoms with Crippen LogP contribution in [0.5, 0.6) is 0 Å². The highest BCUT2D eigenvalue weighted by molar-refractivity contribution is 7.09. The maximum absolute atomic E-state index is 13.1. The van der Waals surface area contributed by atoms with Crippen molar-refractivity contribution in [2.45, 2.75) is 19.4 Å². The number of furan rings is 1. The van der Waals surface area contributed by atoms with E-state index in [0.29, 0.717) is 24.0 Å². The van der Waals surface area contributed by atoms with E-state index in [1.54, 1.807) is 17.6 Å². The highest BCUT2D eigenvalue weighted by atomic mass is 32.1. The lowest BCUT2D eigenvalue weighted by Gasteiger charge is -2.12. The van der Waals surface area contributed by atoms with Crippen LogP contribution >= 0.6 is 11.3 Å². The minimum absolute atomic E-state index is 0.329. The van der Waals surface area contributed by atoms with Gasteiger partial charge in [0.15, 0.2) is 6.61 Å². The van der Waals surface area contributed by atoms with Crippen LogP contribution in [0.15, 0.2) is 64.6 Å². The summed E-state index contributed by atoms with van der Waals surface area (Å²) in [6, 6.07) is 15.1. The number of hydrogen-bond donors (Lipinski definition) is 1. The van der Waals surface area contributed by atoms with Gasteiger partial charge in [0, 0.05) is 10.3 Å². The fourth-order valence-corrected chi connectivity index (χ4v) is 4.56. The molecule has 1 aromatic carbocycles. The average molecular weight is 445 g/mol. The van der Waals surface area contributed by atoms with Gasteiger partial charge in [-0.15, -0.1) is 11.3 Å². The van der Waals surface area contributed by atoms with Gasteiger partial charge in [-0.25, -0.2) is 9.78 Å². The summed E-state index contributed by atoms with van der Waals surface area (Å²) in [6.07, 6.45) is 5.01. The number of allylic oxidation sites excluding steroid dienone is 1. The molecule has 0 aliphatic heterocycles. The molecule has 32 heavy (non-hydrogen) atoms. The van der Waals surface area contributed by atoms with Gasteiger partial charge in [0.25, 0.3) is 5.91 Å². The fourth-order valence-electron chi connectivity index (χ4n) is 3.91. The Morgan fingerprint density at radius 1 is 1.12 bits per heavy atom. The van der Waals surface area contributed by atoms with Crippen molar-refractivity contribution >= 4 is 45.8 Å². The Balaban J connectivity index is 1.40. The molecule has 160 valence electrons. The zero-order valence-corrected chi connectivity index (χ0v) is 18.0. The number of rotatable bonds is 6. The lowest BCUT2D eigenvalue weighted by molar-refractivity contribution is -0.124. The first-order chi connectivity index (χ1) is 15.7. The minimum Gasteiger partial charge on any atom is -0.465 e. The van der Waals surface area contributed by atoms with E-state index < -0.39 is 5.97 Å². The standard InChI is InChI=1S/C25H20N2O4S/c28-22(26-14-18-6-4-12-32-18)15-31-25(29)23-19-7-1-2-8-21(19)27-24-16(9-10-20(23)24)13-17-5-3-11-30-17/h1-8,11-13H,9-10,14-15H2,(H,26,28)/b16-13+. The van der Waals surface area contributed by atoms with Gasteiger partial charge in [0.1, 0.15) is 5.76 Å².